The van der Waals surface area contributed by atoms with Gasteiger partial charge in [-0.1, -0.05) is 0 Å². The van der Waals surface area contributed by atoms with E-state index in [1.807, 2.05) is 0 Å². The van der Waals surface area contributed by atoms with Crippen LogP contribution in [0.5, 0.6) is 0 Å². The molecule has 0 saturated carbocycles. The summed E-state index contributed by atoms with van der Waals surface area (Å²) in [4.78, 5) is 0. The summed E-state index contributed by atoms with van der Waals surface area (Å²) < 4.78 is 0. The molecule has 1 unspecified atom stereocenters. The Morgan fingerprint density at radius 3 is 0.750 bits per heavy atom. The minimum absolute atomic E-state index is 0. The normalized spacial score (nSPS) is 0. The molecule has 0 fully saturated rings. The molecule has 0 saturated heterocycles. The van der Waals surface area contributed by atoms with Crippen LogP contribution in [0.1, 0.15) is 0 Å². The Morgan fingerprint density at radius 1 is 0.750 bits per heavy atom. The first-order chi connectivity index (χ1) is 0. The van der Waals surface area contributed by atoms with Crippen molar-refractivity contribution in [1.29, 1.82) is 0 Å². The maximum absolute atomic E-state index is 0. The zero-order valence-electron chi connectivity index (χ0n) is 1.81. The van der Waals surface area contributed by atoms with Crippen molar-refractivity contribution in [3.63, 3.8) is 0 Å². The van der Waals surface area contributed by atoms with Crippen LogP contribution in [0.4, 0.5) is 0 Å². The molecule has 0 rings (SSSR count). The molecule has 0 aromatic rings. The van der Waals surface area contributed by atoms with E-state index < -0.39 is 0 Å². The van der Waals surface area contributed by atoms with Gasteiger partial charge in [-0.15, -0.1) is 0 Å². The molecule has 0 bridgehead atoms. The van der Waals surface area contributed by atoms with Gasteiger partial charge in [0.2, 0.25) is 0 Å². The van der Waals surface area contributed by atoms with Crippen LogP contribution in [0, 0.1) is 0 Å². The fourth-order valence-electron chi connectivity index (χ4n) is 0. The molecule has 0 spiro atoms. The summed E-state index contributed by atoms with van der Waals surface area (Å²) in [5.74, 6) is 0. The average Bonchev–Trinajstić information content (AvgIpc) is 0. The second-order valence-electron chi connectivity index (χ2n) is 0. The van der Waals surface area contributed by atoms with Crippen molar-refractivity contribution in [2.75, 3.05) is 0 Å². The van der Waals surface area contributed by atoms with E-state index in [0.717, 1.165) is 0 Å². The standard InChI is InChI=1S/AsH3.2Au.H2S/h1H3;;;1H2. The third-order valence-corrected chi connectivity index (χ3v) is 0. The van der Waals surface area contributed by atoms with E-state index >= 15 is 0 Å². The Hall–Kier alpha value is 2.39. The van der Waals surface area contributed by atoms with Gasteiger partial charge in [0, 0.05) is 44.8 Å². The van der Waals surface area contributed by atoms with Crippen LogP contribution < -0.4 is 0 Å². The fourth-order valence-corrected chi connectivity index (χ4v) is 0. The molecule has 2 radical (unpaired) electrons. The number of hydrogen-bond donors (Lipinski definition) is 0. The van der Waals surface area contributed by atoms with Crippen LogP contribution in [-0.2, 0) is 44.8 Å². The maximum Gasteiger partial charge on any atom is 0 e. The van der Waals surface area contributed by atoms with Crippen LogP contribution in [-0.4, -0.2) is 18.0 Å². The summed E-state index contributed by atoms with van der Waals surface area (Å²) in [6.45, 7) is 0. The van der Waals surface area contributed by atoms with Crippen LogP contribution in [0.2, 0.25) is 0 Å². The van der Waals surface area contributed by atoms with Crippen molar-refractivity contribution in [3.05, 3.63) is 0 Å². The van der Waals surface area contributed by atoms with E-state index in [1.165, 1.54) is 0 Å². The Morgan fingerprint density at radius 2 is 0.750 bits per heavy atom. The van der Waals surface area contributed by atoms with Gasteiger partial charge in [-0.25, -0.2) is 0 Å². The monoisotopic (exact) mass is 506 g/mol. The van der Waals surface area contributed by atoms with Crippen molar-refractivity contribution in [1.82, 2.24) is 0 Å². The summed E-state index contributed by atoms with van der Waals surface area (Å²) >= 11 is 0. The summed E-state index contributed by atoms with van der Waals surface area (Å²) in [6, 6.07) is 0. The van der Waals surface area contributed by atoms with E-state index in [2.05, 4.69) is 0 Å². The molecule has 4 heteroatoms. The second kappa shape index (κ2) is 18.2. The Balaban J connectivity index is 0. The Labute approximate surface area is 75.3 Å². The first kappa shape index (κ1) is 32.5. The van der Waals surface area contributed by atoms with Gasteiger partial charge >= 0.3 is 18.0 Å². The molecule has 1 atom stereocenters. The molecule has 0 nitrogen and oxygen atoms in total. The first-order valence-electron chi connectivity index (χ1n) is 0. The maximum atomic E-state index is 0. The van der Waals surface area contributed by atoms with Gasteiger partial charge in [0.05, 0.1) is 0 Å². The van der Waals surface area contributed by atoms with Gasteiger partial charge in [-0.2, -0.15) is 13.5 Å². The van der Waals surface area contributed by atoms with E-state index in [0.29, 0.717) is 0 Å². The van der Waals surface area contributed by atoms with Crippen LogP contribution >= 0.6 is 13.5 Å². The van der Waals surface area contributed by atoms with Gasteiger partial charge < -0.3 is 0 Å². The zero-order chi connectivity index (χ0) is 0. The molecule has 0 aromatic carbocycles. The summed E-state index contributed by atoms with van der Waals surface area (Å²) in [6.07, 6.45) is 0. The second-order valence-corrected chi connectivity index (χ2v) is 0. The molecule has 0 aliphatic carbocycles. The zero-order valence-corrected chi connectivity index (χ0v) is 10.1. The fraction of sp³-hybridized carbons (Fsp3) is 0. The Kier molecular flexibility index (Phi) is 148. The molecule has 0 aromatic heterocycles. The van der Waals surface area contributed by atoms with E-state index in [-0.39, 0.29) is 76.2 Å². The predicted octanol–water partition coefficient (Wildman–Crippen LogP) is -1.08. The smallest absolute Gasteiger partial charge is 0 e. The molecule has 0 N–H and O–H groups in total. The van der Waals surface area contributed by atoms with Gasteiger partial charge in [0.25, 0.3) is 0 Å². The molecule has 0 heterocycles. The predicted molar refractivity (Wildman–Crippen MR) is 20.3 cm³/mol. The van der Waals surface area contributed by atoms with Gasteiger partial charge in [0.15, 0.2) is 0 Å². The minimum Gasteiger partial charge on any atom is 0 e. The largest absolute Gasteiger partial charge is 0 e. The van der Waals surface area contributed by atoms with Gasteiger partial charge in [-0.05, 0) is 0 Å². The van der Waals surface area contributed by atoms with E-state index in [1.54, 1.807) is 0 Å². The summed E-state index contributed by atoms with van der Waals surface area (Å²) in [7, 11) is 0. The Bertz CT molecular complexity index is 6.00. The molecular formula is H5AsAu2S. The molecular weight excluding hydrogens is 501 g/mol. The van der Waals surface area contributed by atoms with Gasteiger partial charge in [-0.3, -0.25) is 0 Å². The molecule has 0 aliphatic rings. The quantitative estimate of drug-likeness (QED) is 0.368. The van der Waals surface area contributed by atoms with Crippen molar-refractivity contribution in [2.24, 2.45) is 0 Å². The molecule has 4 heavy (non-hydrogen) atoms. The average molecular weight is 506 g/mol. The van der Waals surface area contributed by atoms with Crippen LogP contribution in [0.3, 0.4) is 0 Å². The summed E-state index contributed by atoms with van der Waals surface area (Å²) in [5, 5.41) is 0. The first-order valence-corrected chi connectivity index (χ1v) is 0. The van der Waals surface area contributed by atoms with E-state index in [9.17, 15) is 0 Å². The topological polar surface area (TPSA) is 0 Å². The minimum atomic E-state index is 0. The van der Waals surface area contributed by atoms with Gasteiger partial charge in [0.1, 0.15) is 0 Å². The summed E-state index contributed by atoms with van der Waals surface area (Å²) in [5.41, 5.74) is 0. The molecule has 0 amide bonds. The number of hydrogen-bond acceptors (Lipinski definition) is 0. The van der Waals surface area contributed by atoms with Crippen LogP contribution in [0.15, 0.2) is 0 Å². The van der Waals surface area contributed by atoms with Crippen LogP contribution in [0.25, 0.3) is 0 Å². The number of rotatable bonds is 0. The SMILES string of the molecule is S.[AsH3].[Au].[Au]. The van der Waals surface area contributed by atoms with Crippen molar-refractivity contribution in [2.45, 2.75) is 0 Å². The van der Waals surface area contributed by atoms with Crippen molar-refractivity contribution >= 4 is 31.4 Å². The van der Waals surface area contributed by atoms with E-state index in [4.69, 9.17) is 0 Å². The third-order valence-electron chi connectivity index (χ3n) is 0. The molecule has 38 valence electrons. The van der Waals surface area contributed by atoms with Crippen molar-refractivity contribution < 1.29 is 44.8 Å². The third kappa shape index (κ3) is 8.83. The van der Waals surface area contributed by atoms with Crippen molar-refractivity contribution in [3.8, 4) is 0 Å². The molecule has 0 aliphatic heterocycles.